The zero-order valence-corrected chi connectivity index (χ0v) is 8.17. The van der Waals surface area contributed by atoms with E-state index in [0.717, 1.165) is 13.1 Å². The standard InChI is InChI=1S/C10H18N2/c1-5-10(4)12-6-8(2)11-9(3)7-12/h1,8-11H,6-7H2,2-4H3. The van der Waals surface area contributed by atoms with Crippen molar-refractivity contribution >= 4 is 0 Å². The SMILES string of the molecule is C#CC(C)N1CC(C)NC(C)C1. The maximum absolute atomic E-state index is 5.38. The number of hydrogen-bond acceptors (Lipinski definition) is 2. The molecule has 12 heavy (non-hydrogen) atoms. The van der Waals surface area contributed by atoms with Gasteiger partial charge < -0.3 is 5.32 Å². The minimum absolute atomic E-state index is 0.275. The predicted octanol–water partition coefficient (Wildman–Crippen LogP) is 0.690. The maximum atomic E-state index is 5.38. The molecule has 2 heteroatoms. The van der Waals surface area contributed by atoms with E-state index in [2.05, 4.69) is 36.9 Å². The summed E-state index contributed by atoms with van der Waals surface area (Å²) in [5, 5.41) is 3.48. The third kappa shape index (κ3) is 2.23. The highest BCUT2D eigenvalue weighted by molar-refractivity contribution is 4.99. The Kier molecular flexibility index (Phi) is 3.13. The van der Waals surface area contributed by atoms with E-state index in [4.69, 9.17) is 6.42 Å². The van der Waals surface area contributed by atoms with Crippen molar-refractivity contribution in [3.63, 3.8) is 0 Å². The molecule has 0 saturated carbocycles. The van der Waals surface area contributed by atoms with Crippen molar-refractivity contribution < 1.29 is 0 Å². The molecular formula is C10H18N2. The molecule has 1 fully saturated rings. The topological polar surface area (TPSA) is 15.3 Å². The first-order chi connectivity index (χ1) is 5.63. The van der Waals surface area contributed by atoms with Crippen molar-refractivity contribution in [2.45, 2.75) is 38.9 Å². The molecule has 0 aromatic heterocycles. The molecule has 0 amide bonds. The fourth-order valence-corrected chi connectivity index (χ4v) is 1.79. The fourth-order valence-electron chi connectivity index (χ4n) is 1.79. The van der Waals surface area contributed by atoms with Gasteiger partial charge in [0.05, 0.1) is 6.04 Å². The Morgan fingerprint density at radius 3 is 2.33 bits per heavy atom. The fraction of sp³-hybridized carbons (Fsp3) is 0.800. The lowest BCUT2D eigenvalue weighted by Crippen LogP contribution is -2.56. The minimum Gasteiger partial charge on any atom is -0.309 e. The molecule has 0 bridgehead atoms. The zero-order chi connectivity index (χ0) is 9.14. The van der Waals surface area contributed by atoms with Gasteiger partial charge in [-0.25, -0.2) is 0 Å². The summed E-state index contributed by atoms with van der Waals surface area (Å²) in [6.45, 7) is 8.62. The van der Waals surface area contributed by atoms with Crippen LogP contribution in [0.15, 0.2) is 0 Å². The molecule has 0 aliphatic carbocycles. The molecule has 1 rings (SSSR count). The van der Waals surface area contributed by atoms with E-state index in [0.29, 0.717) is 12.1 Å². The molecule has 0 radical (unpaired) electrons. The normalized spacial score (nSPS) is 34.2. The second-order valence-corrected chi connectivity index (χ2v) is 3.77. The van der Waals surface area contributed by atoms with Crippen LogP contribution in [0.1, 0.15) is 20.8 Å². The molecule has 1 N–H and O–H groups in total. The van der Waals surface area contributed by atoms with Crippen LogP contribution >= 0.6 is 0 Å². The highest BCUT2D eigenvalue weighted by Crippen LogP contribution is 2.07. The van der Waals surface area contributed by atoms with Crippen LogP contribution in [0.4, 0.5) is 0 Å². The number of rotatable bonds is 1. The van der Waals surface area contributed by atoms with Gasteiger partial charge in [-0.3, -0.25) is 4.90 Å². The average Bonchev–Trinajstić information content (AvgIpc) is 2.01. The van der Waals surface area contributed by atoms with Crippen molar-refractivity contribution in [2.24, 2.45) is 0 Å². The van der Waals surface area contributed by atoms with Crippen LogP contribution in [-0.2, 0) is 0 Å². The van der Waals surface area contributed by atoms with Crippen LogP contribution in [0.5, 0.6) is 0 Å². The predicted molar refractivity (Wildman–Crippen MR) is 51.9 cm³/mol. The van der Waals surface area contributed by atoms with Gasteiger partial charge in [0.2, 0.25) is 0 Å². The van der Waals surface area contributed by atoms with E-state index >= 15 is 0 Å². The highest BCUT2D eigenvalue weighted by atomic mass is 15.2. The quantitative estimate of drug-likeness (QED) is 0.577. The lowest BCUT2D eigenvalue weighted by molar-refractivity contribution is 0.156. The lowest BCUT2D eigenvalue weighted by Gasteiger charge is -2.37. The van der Waals surface area contributed by atoms with E-state index in [1.807, 2.05) is 0 Å². The van der Waals surface area contributed by atoms with Crippen LogP contribution < -0.4 is 5.32 Å². The Balaban J connectivity index is 2.50. The Hall–Kier alpha value is -0.520. The van der Waals surface area contributed by atoms with E-state index in [1.54, 1.807) is 0 Å². The third-order valence-corrected chi connectivity index (χ3v) is 2.37. The third-order valence-electron chi connectivity index (χ3n) is 2.37. The summed E-state index contributed by atoms with van der Waals surface area (Å²) < 4.78 is 0. The molecule has 0 aromatic carbocycles. The van der Waals surface area contributed by atoms with Crippen molar-refractivity contribution in [1.29, 1.82) is 0 Å². The first kappa shape index (κ1) is 9.57. The van der Waals surface area contributed by atoms with Gasteiger partial charge in [0, 0.05) is 25.2 Å². The number of nitrogens with one attached hydrogen (secondary N) is 1. The first-order valence-electron chi connectivity index (χ1n) is 4.59. The number of piperazine rings is 1. The molecule has 3 unspecified atom stereocenters. The van der Waals surface area contributed by atoms with Crippen molar-refractivity contribution in [2.75, 3.05) is 13.1 Å². The number of hydrogen-bond donors (Lipinski definition) is 1. The summed E-state index contributed by atoms with van der Waals surface area (Å²) in [5.41, 5.74) is 0. The van der Waals surface area contributed by atoms with Gasteiger partial charge in [0.15, 0.2) is 0 Å². The smallest absolute Gasteiger partial charge is 0.0684 e. The second kappa shape index (κ2) is 3.93. The molecule has 2 nitrogen and oxygen atoms in total. The van der Waals surface area contributed by atoms with Crippen LogP contribution in [0.25, 0.3) is 0 Å². The molecule has 1 heterocycles. The van der Waals surface area contributed by atoms with Gasteiger partial charge in [0.25, 0.3) is 0 Å². The van der Waals surface area contributed by atoms with Crippen LogP contribution in [-0.4, -0.2) is 36.1 Å². The van der Waals surface area contributed by atoms with Gasteiger partial charge >= 0.3 is 0 Å². The molecule has 1 aliphatic heterocycles. The van der Waals surface area contributed by atoms with E-state index in [-0.39, 0.29) is 6.04 Å². The van der Waals surface area contributed by atoms with E-state index < -0.39 is 0 Å². The number of nitrogens with zero attached hydrogens (tertiary/aromatic N) is 1. The summed E-state index contributed by atoms with van der Waals surface area (Å²) in [4.78, 5) is 2.35. The van der Waals surface area contributed by atoms with Crippen LogP contribution in [0, 0.1) is 12.3 Å². The Labute approximate surface area is 75.3 Å². The summed E-state index contributed by atoms with van der Waals surface area (Å²) in [6, 6.07) is 1.39. The molecule has 3 atom stereocenters. The molecule has 0 aromatic rings. The Morgan fingerprint density at radius 1 is 1.42 bits per heavy atom. The minimum atomic E-state index is 0.275. The van der Waals surface area contributed by atoms with E-state index in [9.17, 15) is 0 Å². The van der Waals surface area contributed by atoms with Gasteiger partial charge in [-0.15, -0.1) is 6.42 Å². The largest absolute Gasteiger partial charge is 0.309 e. The summed E-state index contributed by atoms with van der Waals surface area (Å²) >= 11 is 0. The zero-order valence-electron chi connectivity index (χ0n) is 8.17. The molecule has 1 aliphatic rings. The van der Waals surface area contributed by atoms with Crippen molar-refractivity contribution in [3.05, 3.63) is 0 Å². The monoisotopic (exact) mass is 166 g/mol. The molecule has 1 saturated heterocycles. The lowest BCUT2D eigenvalue weighted by atomic mass is 10.1. The first-order valence-corrected chi connectivity index (χ1v) is 4.59. The number of terminal acetylenes is 1. The Bertz CT molecular complexity index is 173. The van der Waals surface area contributed by atoms with Gasteiger partial charge in [0.1, 0.15) is 0 Å². The molecular weight excluding hydrogens is 148 g/mol. The molecule has 68 valence electrons. The average molecular weight is 166 g/mol. The van der Waals surface area contributed by atoms with E-state index in [1.165, 1.54) is 0 Å². The summed E-state index contributed by atoms with van der Waals surface area (Å²) in [7, 11) is 0. The highest BCUT2D eigenvalue weighted by Gasteiger charge is 2.23. The Morgan fingerprint density at radius 2 is 1.92 bits per heavy atom. The van der Waals surface area contributed by atoms with Gasteiger partial charge in [-0.1, -0.05) is 5.92 Å². The van der Waals surface area contributed by atoms with Crippen molar-refractivity contribution in [1.82, 2.24) is 10.2 Å². The molecule has 0 spiro atoms. The van der Waals surface area contributed by atoms with Gasteiger partial charge in [-0.2, -0.15) is 0 Å². The second-order valence-electron chi connectivity index (χ2n) is 3.77. The van der Waals surface area contributed by atoms with Crippen LogP contribution in [0.2, 0.25) is 0 Å². The summed E-state index contributed by atoms with van der Waals surface area (Å²) in [5.74, 6) is 2.77. The van der Waals surface area contributed by atoms with Crippen LogP contribution in [0.3, 0.4) is 0 Å². The van der Waals surface area contributed by atoms with Crippen molar-refractivity contribution in [3.8, 4) is 12.3 Å². The summed E-state index contributed by atoms with van der Waals surface area (Å²) in [6.07, 6.45) is 5.38. The van der Waals surface area contributed by atoms with Gasteiger partial charge in [-0.05, 0) is 20.8 Å². The maximum Gasteiger partial charge on any atom is 0.0684 e.